The Labute approximate surface area is 95.0 Å². The van der Waals surface area contributed by atoms with E-state index in [0.29, 0.717) is 16.8 Å². The quantitative estimate of drug-likeness (QED) is 0.802. The van der Waals surface area contributed by atoms with Gasteiger partial charge in [-0.25, -0.2) is 4.98 Å². The van der Waals surface area contributed by atoms with Crippen LogP contribution in [0.15, 0.2) is 33.9 Å². The summed E-state index contributed by atoms with van der Waals surface area (Å²) in [5.41, 5.74) is 1.33. The zero-order chi connectivity index (χ0) is 10.8. The summed E-state index contributed by atoms with van der Waals surface area (Å²) < 4.78 is 7.42. The molecule has 0 amide bonds. The minimum Gasteiger partial charge on any atom is -0.457 e. The minimum absolute atomic E-state index is 0.0103. The van der Waals surface area contributed by atoms with Crippen molar-refractivity contribution in [1.29, 1.82) is 0 Å². The van der Waals surface area contributed by atoms with Crippen molar-refractivity contribution in [1.82, 2.24) is 9.55 Å². The molecule has 0 aliphatic heterocycles. The predicted molar refractivity (Wildman–Crippen MR) is 57.7 cm³/mol. The maximum Gasteiger partial charge on any atom is 0.187 e. The monoisotopic (exact) mass is 268 g/mol. The molecule has 0 atom stereocenters. The molecule has 0 unspecified atom stereocenters. The van der Waals surface area contributed by atoms with Crippen molar-refractivity contribution in [2.75, 3.05) is 0 Å². The highest BCUT2D eigenvalue weighted by molar-refractivity contribution is 9.10. The normalized spacial score (nSPS) is 10.5. The van der Waals surface area contributed by atoms with E-state index in [4.69, 9.17) is 4.42 Å². The number of Topliss-reactive ketones (excluding diaryl/α,β-unsaturated/α-hetero) is 1. The van der Waals surface area contributed by atoms with Gasteiger partial charge in [0.1, 0.15) is 5.69 Å². The number of aryl methyl sites for hydroxylation is 1. The van der Waals surface area contributed by atoms with E-state index >= 15 is 0 Å². The van der Waals surface area contributed by atoms with Gasteiger partial charge in [-0.3, -0.25) is 4.79 Å². The molecule has 0 bridgehead atoms. The van der Waals surface area contributed by atoms with E-state index in [1.54, 1.807) is 29.4 Å². The summed E-state index contributed by atoms with van der Waals surface area (Å²) in [6, 6.07) is 1.78. The number of ketones is 1. The van der Waals surface area contributed by atoms with Crippen LogP contribution in [0.1, 0.15) is 16.1 Å². The number of halogens is 1. The van der Waals surface area contributed by atoms with Gasteiger partial charge in [-0.15, -0.1) is 0 Å². The van der Waals surface area contributed by atoms with Crippen molar-refractivity contribution in [2.45, 2.75) is 6.42 Å². The lowest BCUT2D eigenvalue weighted by Crippen LogP contribution is -2.02. The van der Waals surface area contributed by atoms with E-state index in [1.165, 1.54) is 0 Å². The summed E-state index contributed by atoms with van der Waals surface area (Å²) in [4.78, 5) is 15.7. The average molecular weight is 269 g/mol. The highest BCUT2D eigenvalue weighted by Crippen LogP contribution is 2.15. The number of imidazole rings is 1. The van der Waals surface area contributed by atoms with Crippen LogP contribution in [0.3, 0.4) is 0 Å². The Balaban J connectivity index is 2.10. The highest BCUT2D eigenvalue weighted by Gasteiger charge is 2.11. The van der Waals surface area contributed by atoms with Gasteiger partial charge in [0.05, 0.1) is 12.6 Å². The molecular weight excluding hydrogens is 260 g/mol. The Hall–Kier alpha value is -1.36. The van der Waals surface area contributed by atoms with Crippen LogP contribution in [-0.2, 0) is 13.5 Å². The number of hydrogen-bond donors (Lipinski definition) is 0. The van der Waals surface area contributed by atoms with Crippen molar-refractivity contribution in [3.63, 3.8) is 0 Å². The molecule has 0 saturated carbocycles. The number of carbonyl (C=O) groups excluding carboxylic acids is 1. The molecule has 0 radical (unpaired) electrons. The van der Waals surface area contributed by atoms with Crippen LogP contribution in [0.2, 0.25) is 0 Å². The first-order chi connectivity index (χ1) is 7.15. The maximum atomic E-state index is 11.7. The van der Waals surface area contributed by atoms with E-state index in [-0.39, 0.29) is 5.78 Å². The van der Waals surface area contributed by atoms with Crippen molar-refractivity contribution in [2.24, 2.45) is 7.05 Å². The molecule has 0 aliphatic carbocycles. The lowest BCUT2D eigenvalue weighted by Gasteiger charge is -1.92. The molecule has 0 aliphatic rings. The summed E-state index contributed by atoms with van der Waals surface area (Å²) in [5, 5.41) is 0. The van der Waals surface area contributed by atoms with Crippen molar-refractivity contribution < 1.29 is 9.21 Å². The first-order valence-corrected chi connectivity index (χ1v) is 5.18. The van der Waals surface area contributed by atoms with Gasteiger partial charge in [-0.05, 0) is 27.6 Å². The molecule has 0 N–H and O–H groups in total. The number of nitrogens with zero attached hydrogens (tertiary/aromatic N) is 2. The Morgan fingerprint density at radius 3 is 3.00 bits per heavy atom. The second-order valence-electron chi connectivity index (χ2n) is 3.28. The smallest absolute Gasteiger partial charge is 0.187 e. The van der Waals surface area contributed by atoms with E-state index in [1.807, 2.05) is 7.05 Å². The molecular formula is C10H9BrN2O2. The van der Waals surface area contributed by atoms with Gasteiger partial charge in [0, 0.05) is 19.7 Å². The Kier molecular flexibility index (Phi) is 2.73. The zero-order valence-electron chi connectivity index (χ0n) is 8.11. The van der Waals surface area contributed by atoms with Gasteiger partial charge < -0.3 is 8.98 Å². The third-order valence-electron chi connectivity index (χ3n) is 1.98. The number of hydrogen-bond acceptors (Lipinski definition) is 3. The summed E-state index contributed by atoms with van der Waals surface area (Å²) in [5.74, 6) is -0.0103. The third kappa shape index (κ3) is 2.36. The van der Waals surface area contributed by atoms with Crippen LogP contribution in [0, 0.1) is 0 Å². The van der Waals surface area contributed by atoms with Crippen LogP contribution >= 0.6 is 15.9 Å². The SMILES string of the molecule is Cn1cnc(C(=O)Cc2coc(Br)c2)c1. The highest BCUT2D eigenvalue weighted by atomic mass is 79.9. The molecule has 0 spiro atoms. The van der Waals surface area contributed by atoms with Crippen molar-refractivity contribution in [3.8, 4) is 0 Å². The van der Waals surface area contributed by atoms with Gasteiger partial charge in [0.25, 0.3) is 0 Å². The largest absolute Gasteiger partial charge is 0.457 e. The standard InChI is InChI=1S/C10H9BrN2O2/c1-13-4-8(12-6-13)9(14)2-7-3-10(11)15-5-7/h3-6H,2H2,1H3. The molecule has 0 aromatic carbocycles. The predicted octanol–water partition coefficient (Wildman–Crippen LogP) is 2.20. The first-order valence-electron chi connectivity index (χ1n) is 4.39. The van der Waals surface area contributed by atoms with Gasteiger partial charge in [-0.1, -0.05) is 0 Å². The Morgan fingerprint density at radius 2 is 2.47 bits per heavy atom. The van der Waals surface area contributed by atoms with Crippen LogP contribution < -0.4 is 0 Å². The summed E-state index contributed by atoms with van der Waals surface area (Å²) >= 11 is 3.18. The summed E-state index contributed by atoms with van der Waals surface area (Å²) in [6.45, 7) is 0. The van der Waals surface area contributed by atoms with E-state index in [9.17, 15) is 4.79 Å². The molecule has 0 fully saturated rings. The Morgan fingerprint density at radius 1 is 1.67 bits per heavy atom. The molecule has 2 heterocycles. The third-order valence-corrected chi connectivity index (χ3v) is 2.39. The number of rotatable bonds is 3. The molecule has 15 heavy (non-hydrogen) atoms. The topological polar surface area (TPSA) is 48.0 Å². The first kappa shape index (κ1) is 10.2. The van der Waals surface area contributed by atoms with Gasteiger partial charge in [-0.2, -0.15) is 0 Å². The molecule has 2 rings (SSSR count). The van der Waals surface area contributed by atoms with Crippen LogP contribution in [0.4, 0.5) is 0 Å². The molecule has 2 aromatic rings. The maximum absolute atomic E-state index is 11.7. The van der Waals surface area contributed by atoms with Gasteiger partial charge >= 0.3 is 0 Å². The molecule has 5 heteroatoms. The van der Waals surface area contributed by atoms with Crippen LogP contribution in [-0.4, -0.2) is 15.3 Å². The Bertz CT molecular complexity index is 487. The van der Waals surface area contributed by atoms with E-state index in [0.717, 1.165) is 5.56 Å². The van der Waals surface area contributed by atoms with E-state index in [2.05, 4.69) is 20.9 Å². The summed E-state index contributed by atoms with van der Waals surface area (Å²) in [7, 11) is 1.83. The van der Waals surface area contributed by atoms with Crippen molar-refractivity contribution in [3.05, 3.63) is 40.8 Å². The average Bonchev–Trinajstić information content (AvgIpc) is 2.75. The van der Waals surface area contributed by atoms with Crippen molar-refractivity contribution >= 4 is 21.7 Å². The fourth-order valence-corrected chi connectivity index (χ4v) is 1.66. The molecule has 0 saturated heterocycles. The van der Waals surface area contributed by atoms with Gasteiger partial charge in [0.15, 0.2) is 10.5 Å². The second kappa shape index (κ2) is 4.02. The fourth-order valence-electron chi connectivity index (χ4n) is 1.27. The number of aromatic nitrogens is 2. The van der Waals surface area contributed by atoms with Crippen LogP contribution in [0.25, 0.3) is 0 Å². The number of carbonyl (C=O) groups is 1. The fraction of sp³-hybridized carbons (Fsp3) is 0.200. The van der Waals surface area contributed by atoms with E-state index < -0.39 is 0 Å². The second-order valence-corrected chi connectivity index (χ2v) is 4.06. The molecule has 78 valence electrons. The van der Waals surface area contributed by atoms with Gasteiger partial charge in [0.2, 0.25) is 0 Å². The molecule has 4 nitrogen and oxygen atoms in total. The molecule has 2 aromatic heterocycles. The van der Waals surface area contributed by atoms with Crippen LogP contribution in [0.5, 0.6) is 0 Å². The minimum atomic E-state index is -0.0103. The number of furan rings is 1. The lowest BCUT2D eigenvalue weighted by atomic mass is 10.1. The lowest BCUT2D eigenvalue weighted by molar-refractivity contribution is 0.0988. The zero-order valence-corrected chi connectivity index (χ0v) is 9.69. The summed E-state index contributed by atoms with van der Waals surface area (Å²) in [6.07, 6.45) is 5.19.